The summed E-state index contributed by atoms with van der Waals surface area (Å²) < 4.78 is 0. The highest BCUT2D eigenvalue weighted by Gasteiger charge is 2.10. The van der Waals surface area contributed by atoms with Crippen LogP contribution in [0, 0.1) is 5.92 Å². The van der Waals surface area contributed by atoms with E-state index in [0.717, 1.165) is 24.5 Å². The van der Waals surface area contributed by atoms with Gasteiger partial charge < -0.3 is 5.21 Å². The van der Waals surface area contributed by atoms with Gasteiger partial charge in [0.1, 0.15) is 0 Å². The summed E-state index contributed by atoms with van der Waals surface area (Å²) in [5.41, 5.74) is 0.990. The molecule has 0 aliphatic heterocycles. The monoisotopic (exact) mass is 141 g/mol. The van der Waals surface area contributed by atoms with Gasteiger partial charge in [-0.15, -0.1) is 0 Å². The first-order chi connectivity index (χ1) is 4.83. The van der Waals surface area contributed by atoms with Crippen molar-refractivity contribution in [3.63, 3.8) is 0 Å². The zero-order chi connectivity index (χ0) is 7.40. The first-order valence-electron chi connectivity index (χ1n) is 4.02. The van der Waals surface area contributed by atoms with E-state index in [1.54, 1.807) is 0 Å². The van der Waals surface area contributed by atoms with Crippen LogP contribution in [0.15, 0.2) is 5.16 Å². The Kier molecular flexibility index (Phi) is 2.72. The molecule has 1 unspecified atom stereocenters. The van der Waals surface area contributed by atoms with Crippen LogP contribution in [-0.2, 0) is 0 Å². The summed E-state index contributed by atoms with van der Waals surface area (Å²) in [5.74, 6) is 0.819. The van der Waals surface area contributed by atoms with Gasteiger partial charge in [-0.05, 0) is 31.6 Å². The molecule has 0 aromatic heterocycles. The van der Waals surface area contributed by atoms with Crippen molar-refractivity contribution in [2.24, 2.45) is 11.1 Å². The van der Waals surface area contributed by atoms with Crippen LogP contribution in [0.4, 0.5) is 0 Å². The molecule has 0 amide bonds. The lowest BCUT2D eigenvalue weighted by Crippen LogP contribution is -1.95. The Labute approximate surface area is 61.9 Å². The van der Waals surface area contributed by atoms with Crippen LogP contribution >= 0.6 is 0 Å². The lowest BCUT2D eigenvalue weighted by Gasteiger charge is -2.02. The summed E-state index contributed by atoms with van der Waals surface area (Å²) >= 11 is 0. The van der Waals surface area contributed by atoms with Crippen LogP contribution in [-0.4, -0.2) is 10.9 Å². The van der Waals surface area contributed by atoms with Crippen molar-refractivity contribution in [2.75, 3.05) is 0 Å². The predicted molar refractivity (Wildman–Crippen MR) is 41.5 cm³/mol. The molecular weight excluding hydrogens is 126 g/mol. The summed E-state index contributed by atoms with van der Waals surface area (Å²) in [6.45, 7) is 2.26. The molecule has 0 spiro atoms. The van der Waals surface area contributed by atoms with Crippen LogP contribution in [0.1, 0.15) is 39.0 Å². The molecule has 2 heteroatoms. The third-order valence-electron chi connectivity index (χ3n) is 2.23. The summed E-state index contributed by atoms with van der Waals surface area (Å²) in [6.07, 6.45) is 5.68. The van der Waals surface area contributed by atoms with Crippen LogP contribution in [0.25, 0.3) is 0 Å². The fourth-order valence-electron chi connectivity index (χ4n) is 1.44. The van der Waals surface area contributed by atoms with Crippen molar-refractivity contribution in [3.05, 3.63) is 0 Å². The second-order valence-electron chi connectivity index (χ2n) is 3.20. The maximum atomic E-state index is 8.49. The summed E-state index contributed by atoms with van der Waals surface area (Å²) in [7, 11) is 0. The Hall–Kier alpha value is -0.530. The molecule has 10 heavy (non-hydrogen) atoms. The largest absolute Gasteiger partial charge is 0.411 e. The zero-order valence-electron chi connectivity index (χ0n) is 6.51. The lowest BCUT2D eigenvalue weighted by molar-refractivity contribution is 0.316. The molecule has 1 N–H and O–H groups in total. The molecule has 0 bridgehead atoms. The molecule has 1 saturated carbocycles. The highest BCUT2D eigenvalue weighted by Crippen LogP contribution is 2.20. The van der Waals surface area contributed by atoms with E-state index in [4.69, 9.17) is 5.21 Å². The van der Waals surface area contributed by atoms with Crippen molar-refractivity contribution in [3.8, 4) is 0 Å². The Morgan fingerprint density at radius 2 is 2.20 bits per heavy atom. The predicted octanol–water partition coefficient (Wildman–Crippen LogP) is 2.42. The van der Waals surface area contributed by atoms with Gasteiger partial charge in [0.25, 0.3) is 0 Å². The van der Waals surface area contributed by atoms with E-state index in [1.807, 2.05) is 0 Å². The number of hydrogen-bond donors (Lipinski definition) is 1. The molecule has 0 heterocycles. The fraction of sp³-hybridized carbons (Fsp3) is 0.875. The fourth-order valence-corrected chi connectivity index (χ4v) is 1.44. The minimum atomic E-state index is 0.819. The third-order valence-corrected chi connectivity index (χ3v) is 2.23. The van der Waals surface area contributed by atoms with E-state index < -0.39 is 0 Å². The van der Waals surface area contributed by atoms with Crippen LogP contribution in [0.3, 0.4) is 0 Å². The van der Waals surface area contributed by atoms with Crippen molar-refractivity contribution in [2.45, 2.75) is 39.0 Å². The van der Waals surface area contributed by atoms with Gasteiger partial charge in [0, 0.05) is 0 Å². The SMILES string of the molecule is CC1CCCC(=NO)CC1. The van der Waals surface area contributed by atoms with Gasteiger partial charge in [0.05, 0.1) is 5.71 Å². The topological polar surface area (TPSA) is 32.6 Å². The quantitative estimate of drug-likeness (QED) is 0.313. The molecule has 0 radical (unpaired) electrons. The first kappa shape index (κ1) is 7.58. The van der Waals surface area contributed by atoms with E-state index in [2.05, 4.69) is 12.1 Å². The van der Waals surface area contributed by atoms with Crippen molar-refractivity contribution >= 4 is 5.71 Å². The third kappa shape index (κ3) is 2.01. The average molecular weight is 141 g/mol. The Balaban J connectivity index is 2.41. The van der Waals surface area contributed by atoms with Crippen LogP contribution in [0.2, 0.25) is 0 Å². The van der Waals surface area contributed by atoms with Gasteiger partial charge in [-0.1, -0.05) is 18.5 Å². The smallest absolute Gasteiger partial charge is 0.0570 e. The van der Waals surface area contributed by atoms with Gasteiger partial charge in [-0.2, -0.15) is 0 Å². The van der Waals surface area contributed by atoms with Crippen molar-refractivity contribution < 1.29 is 5.21 Å². The lowest BCUT2D eigenvalue weighted by atomic mass is 10.0. The second-order valence-corrected chi connectivity index (χ2v) is 3.20. The maximum absolute atomic E-state index is 8.49. The van der Waals surface area contributed by atoms with E-state index in [-0.39, 0.29) is 0 Å². The van der Waals surface area contributed by atoms with Crippen molar-refractivity contribution in [1.82, 2.24) is 0 Å². The molecule has 1 atom stereocenters. The van der Waals surface area contributed by atoms with E-state index in [9.17, 15) is 0 Å². The molecule has 58 valence electrons. The average Bonchev–Trinajstić information content (AvgIpc) is 2.14. The maximum Gasteiger partial charge on any atom is 0.0570 e. The van der Waals surface area contributed by atoms with Gasteiger partial charge in [-0.25, -0.2) is 0 Å². The normalized spacial score (nSPS) is 32.1. The summed E-state index contributed by atoms with van der Waals surface area (Å²) in [6, 6.07) is 0. The van der Waals surface area contributed by atoms with Gasteiger partial charge in [0.2, 0.25) is 0 Å². The molecule has 2 nitrogen and oxygen atoms in total. The minimum Gasteiger partial charge on any atom is -0.411 e. The van der Waals surface area contributed by atoms with Gasteiger partial charge >= 0.3 is 0 Å². The molecule has 1 rings (SSSR count). The molecule has 1 fully saturated rings. The van der Waals surface area contributed by atoms with E-state index >= 15 is 0 Å². The number of hydrogen-bond acceptors (Lipinski definition) is 2. The second kappa shape index (κ2) is 3.59. The summed E-state index contributed by atoms with van der Waals surface area (Å²) in [4.78, 5) is 0. The Bertz CT molecular complexity index is 131. The molecule has 0 saturated heterocycles. The minimum absolute atomic E-state index is 0.819. The molecule has 0 aromatic carbocycles. The number of rotatable bonds is 0. The van der Waals surface area contributed by atoms with Crippen molar-refractivity contribution in [1.29, 1.82) is 0 Å². The molecule has 1 aliphatic carbocycles. The standard InChI is InChI=1S/C8H15NO/c1-7-3-2-4-8(9-10)6-5-7/h7,10H,2-6H2,1H3. The number of nitrogens with zero attached hydrogens (tertiary/aromatic N) is 1. The highest BCUT2D eigenvalue weighted by molar-refractivity contribution is 5.83. The molecule has 1 aliphatic rings. The Morgan fingerprint density at radius 1 is 1.40 bits per heavy atom. The molecular formula is C8H15NO. The summed E-state index contributed by atoms with van der Waals surface area (Å²) in [5, 5.41) is 11.7. The van der Waals surface area contributed by atoms with E-state index in [1.165, 1.54) is 19.3 Å². The van der Waals surface area contributed by atoms with Crippen LogP contribution in [0.5, 0.6) is 0 Å². The zero-order valence-corrected chi connectivity index (χ0v) is 6.51. The van der Waals surface area contributed by atoms with E-state index in [0.29, 0.717) is 0 Å². The first-order valence-corrected chi connectivity index (χ1v) is 4.02. The number of oxime groups is 1. The Morgan fingerprint density at radius 3 is 2.90 bits per heavy atom. The van der Waals surface area contributed by atoms with Gasteiger partial charge in [-0.3, -0.25) is 0 Å². The van der Waals surface area contributed by atoms with Gasteiger partial charge in [0.15, 0.2) is 0 Å². The highest BCUT2D eigenvalue weighted by atomic mass is 16.4. The molecule has 0 aromatic rings. The van der Waals surface area contributed by atoms with Crippen LogP contribution < -0.4 is 0 Å².